The zero-order valence-electron chi connectivity index (χ0n) is 25.0. The Morgan fingerprint density at radius 2 is 0.778 bits per heavy atom. The molecule has 0 bridgehead atoms. The van der Waals surface area contributed by atoms with E-state index < -0.39 is 0 Å². The molecule has 8 aromatic rings. The van der Waals surface area contributed by atoms with Crippen molar-refractivity contribution < 1.29 is 0 Å². The second-order valence-corrected chi connectivity index (χ2v) is 11.5. The largest absolute Gasteiger partial charge is 0.228 e. The third-order valence-corrected chi connectivity index (χ3v) is 8.63. The molecule has 0 radical (unpaired) electrons. The monoisotopic (exact) mass is 574 g/mol. The molecule has 2 nitrogen and oxygen atoms in total. The van der Waals surface area contributed by atoms with Crippen LogP contribution in [0.1, 0.15) is 5.56 Å². The summed E-state index contributed by atoms with van der Waals surface area (Å²) < 4.78 is 0. The highest BCUT2D eigenvalue weighted by molar-refractivity contribution is 5.98. The maximum absolute atomic E-state index is 5.17. The van der Waals surface area contributed by atoms with Crippen LogP contribution in [0, 0.1) is 6.92 Å². The van der Waals surface area contributed by atoms with E-state index >= 15 is 0 Å². The molecule has 0 aliphatic carbocycles. The predicted molar refractivity (Wildman–Crippen MR) is 189 cm³/mol. The molecule has 7 aromatic carbocycles. The van der Waals surface area contributed by atoms with Crippen LogP contribution < -0.4 is 0 Å². The number of nitrogens with zero attached hydrogens (tertiary/aromatic N) is 2. The van der Waals surface area contributed by atoms with Crippen LogP contribution in [0.2, 0.25) is 0 Å². The zero-order chi connectivity index (χ0) is 30.2. The van der Waals surface area contributed by atoms with Crippen LogP contribution >= 0.6 is 0 Å². The van der Waals surface area contributed by atoms with E-state index in [1.807, 2.05) is 0 Å². The van der Waals surface area contributed by atoms with Crippen LogP contribution in [-0.4, -0.2) is 9.97 Å². The summed E-state index contributed by atoms with van der Waals surface area (Å²) >= 11 is 0. The van der Waals surface area contributed by atoms with Gasteiger partial charge in [-0.15, -0.1) is 0 Å². The Hall–Kier alpha value is -5.86. The van der Waals surface area contributed by atoms with E-state index in [1.54, 1.807) is 0 Å². The van der Waals surface area contributed by atoms with Crippen LogP contribution in [0.25, 0.3) is 77.7 Å². The number of hydrogen-bond donors (Lipinski definition) is 0. The molecule has 212 valence electrons. The van der Waals surface area contributed by atoms with Gasteiger partial charge in [0.15, 0.2) is 5.82 Å². The highest BCUT2D eigenvalue weighted by Crippen LogP contribution is 2.35. The fourth-order valence-corrected chi connectivity index (χ4v) is 6.33. The predicted octanol–water partition coefficient (Wildman–Crippen LogP) is 11.4. The lowest BCUT2D eigenvalue weighted by molar-refractivity contribution is 1.17. The number of fused-ring (bicyclic) bond motifs is 2. The molecule has 2 heteroatoms. The average Bonchev–Trinajstić information content (AvgIpc) is 3.11. The van der Waals surface area contributed by atoms with Crippen LogP contribution in [0.3, 0.4) is 0 Å². The molecule has 1 aromatic heterocycles. The van der Waals surface area contributed by atoms with Gasteiger partial charge in [-0.05, 0) is 74.5 Å². The Morgan fingerprint density at radius 3 is 1.33 bits per heavy atom. The number of rotatable bonds is 5. The van der Waals surface area contributed by atoms with Gasteiger partial charge in [-0.3, -0.25) is 0 Å². The van der Waals surface area contributed by atoms with Gasteiger partial charge >= 0.3 is 0 Å². The molecule has 0 fully saturated rings. The van der Waals surface area contributed by atoms with E-state index in [4.69, 9.17) is 9.97 Å². The maximum Gasteiger partial charge on any atom is 0.160 e. The summed E-state index contributed by atoms with van der Waals surface area (Å²) in [5, 5.41) is 4.95. The van der Waals surface area contributed by atoms with Crippen molar-refractivity contribution in [3.63, 3.8) is 0 Å². The molecule has 0 unspecified atom stereocenters. The maximum atomic E-state index is 5.17. The first kappa shape index (κ1) is 26.7. The molecule has 45 heavy (non-hydrogen) atoms. The number of aromatic nitrogens is 2. The summed E-state index contributed by atoms with van der Waals surface area (Å²) in [5.74, 6) is 0.728. The van der Waals surface area contributed by atoms with Crippen molar-refractivity contribution in [2.75, 3.05) is 0 Å². The summed E-state index contributed by atoms with van der Waals surface area (Å²) in [6.45, 7) is 2.12. The van der Waals surface area contributed by atoms with Crippen LogP contribution in [0.4, 0.5) is 0 Å². The molecule has 0 amide bonds. The van der Waals surface area contributed by atoms with Gasteiger partial charge in [0.2, 0.25) is 0 Å². The van der Waals surface area contributed by atoms with Gasteiger partial charge in [-0.25, -0.2) is 9.97 Å². The minimum atomic E-state index is 0.728. The minimum Gasteiger partial charge on any atom is -0.228 e. The molecule has 0 atom stereocenters. The van der Waals surface area contributed by atoms with Crippen molar-refractivity contribution in [2.24, 2.45) is 0 Å². The molecular weight excluding hydrogens is 544 g/mol. The fraction of sp³-hybridized carbons (Fsp3) is 0.0233. The summed E-state index contributed by atoms with van der Waals surface area (Å²) in [7, 11) is 0. The lowest BCUT2D eigenvalue weighted by atomic mass is 9.95. The van der Waals surface area contributed by atoms with Crippen molar-refractivity contribution >= 4 is 21.5 Å². The molecule has 0 spiro atoms. The van der Waals surface area contributed by atoms with E-state index in [-0.39, 0.29) is 0 Å². The summed E-state index contributed by atoms with van der Waals surface area (Å²) in [6, 6.07) is 58.0. The Bertz CT molecular complexity index is 2200. The molecule has 1 heterocycles. The SMILES string of the molecule is Cc1ccccc1-c1nc(-c2cccc(-c3cccc4ccccc34)c2)cc(-c2cccc(-c3cccc4ccccc34)c2)n1. The first-order chi connectivity index (χ1) is 22.2. The second kappa shape index (κ2) is 11.3. The fourth-order valence-electron chi connectivity index (χ4n) is 6.33. The Morgan fingerprint density at radius 1 is 0.356 bits per heavy atom. The molecule has 8 rings (SSSR count). The molecule has 0 saturated carbocycles. The molecule has 0 saturated heterocycles. The topological polar surface area (TPSA) is 25.8 Å². The van der Waals surface area contributed by atoms with Crippen molar-refractivity contribution in [3.05, 3.63) is 169 Å². The zero-order valence-corrected chi connectivity index (χ0v) is 25.0. The van der Waals surface area contributed by atoms with Crippen molar-refractivity contribution in [1.82, 2.24) is 9.97 Å². The Balaban J connectivity index is 1.29. The standard InChI is InChI=1S/C43H30N2/c1-29-12-2-5-21-36(29)43-44-41(34-19-8-17-32(26-34)39-24-10-15-30-13-3-6-22-37(30)39)28-42(45-43)35-20-9-18-33(27-35)40-25-11-16-31-14-4-7-23-38(31)40/h2-28H,1H3. The summed E-state index contributed by atoms with van der Waals surface area (Å²) in [6.07, 6.45) is 0. The number of hydrogen-bond acceptors (Lipinski definition) is 2. The Kier molecular flexibility index (Phi) is 6.73. The van der Waals surface area contributed by atoms with E-state index in [0.29, 0.717) is 0 Å². The quantitative estimate of drug-likeness (QED) is 0.204. The highest BCUT2D eigenvalue weighted by Gasteiger charge is 2.14. The van der Waals surface area contributed by atoms with E-state index in [9.17, 15) is 0 Å². The lowest BCUT2D eigenvalue weighted by Crippen LogP contribution is -1.97. The average molecular weight is 575 g/mol. The van der Waals surface area contributed by atoms with Crippen LogP contribution in [0.15, 0.2) is 164 Å². The van der Waals surface area contributed by atoms with Gasteiger partial charge in [-0.1, -0.05) is 146 Å². The van der Waals surface area contributed by atoms with Gasteiger partial charge in [0.1, 0.15) is 0 Å². The van der Waals surface area contributed by atoms with E-state index in [0.717, 1.165) is 39.5 Å². The first-order valence-electron chi connectivity index (χ1n) is 15.3. The van der Waals surface area contributed by atoms with Gasteiger partial charge < -0.3 is 0 Å². The smallest absolute Gasteiger partial charge is 0.160 e. The van der Waals surface area contributed by atoms with Crippen molar-refractivity contribution in [1.29, 1.82) is 0 Å². The van der Waals surface area contributed by atoms with Crippen LogP contribution in [0.5, 0.6) is 0 Å². The normalized spacial score (nSPS) is 11.2. The van der Waals surface area contributed by atoms with Crippen molar-refractivity contribution in [3.8, 4) is 56.2 Å². The second-order valence-electron chi connectivity index (χ2n) is 11.5. The van der Waals surface area contributed by atoms with Gasteiger partial charge in [0, 0.05) is 16.7 Å². The minimum absolute atomic E-state index is 0.728. The van der Waals surface area contributed by atoms with E-state index in [1.165, 1.54) is 43.8 Å². The highest BCUT2D eigenvalue weighted by atomic mass is 14.9. The molecule has 0 N–H and O–H groups in total. The third kappa shape index (κ3) is 5.07. The Labute approximate surface area is 263 Å². The molecular formula is C43H30N2. The van der Waals surface area contributed by atoms with E-state index in [2.05, 4.69) is 171 Å². The number of aryl methyl sites for hydroxylation is 1. The van der Waals surface area contributed by atoms with Gasteiger partial charge in [0.05, 0.1) is 11.4 Å². The lowest BCUT2D eigenvalue weighted by Gasteiger charge is -2.13. The van der Waals surface area contributed by atoms with Crippen LogP contribution in [-0.2, 0) is 0 Å². The van der Waals surface area contributed by atoms with Gasteiger partial charge in [0.25, 0.3) is 0 Å². The first-order valence-corrected chi connectivity index (χ1v) is 15.3. The van der Waals surface area contributed by atoms with Crippen molar-refractivity contribution in [2.45, 2.75) is 6.92 Å². The summed E-state index contributed by atoms with van der Waals surface area (Å²) in [5.41, 5.74) is 10.9. The summed E-state index contributed by atoms with van der Waals surface area (Å²) in [4.78, 5) is 10.3. The molecule has 0 aliphatic rings. The third-order valence-electron chi connectivity index (χ3n) is 8.63. The number of benzene rings is 7. The van der Waals surface area contributed by atoms with Gasteiger partial charge in [-0.2, -0.15) is 0 Å². The molecule has 0 aliphatic heterocycles.